The molecule has 0 bridgehead atoms. The van der Waals surface area contributed by atoms with Gasteiger partial charge in [0.25, 0.3) is 0 Å². The lowest BCUT2D eigenvalue weighted by atomic mass is 9.90. The number of likely N-dealkylation sites (tertiary alicyclic amines) is 1. The first-order valence-electron chi connectivity index (χ1n) is 5.37. The van der Waals surface area contributed by atoms with Gasteiger partial charge in [-0.25, -0.2) is 3.11 Å². The predicted octanol–water partition coefficient (Wildman–Crippen LogP) is 1.52. The predicted molar refractivity (Wildman–Crippen MR) is 65.6 cm³/mol. The summed E-state index contributed by atoms with van der Waals surface area (Å²) in [6.45, 7) is 6.71. The molecule has 14 heavy (non-hydrogen) atoms. The molecule has 3 nitrogen and oxygen atoms in total. The Labute approximate surface area is 100 Å². The van der Waals surface area contributed by atoms with E-state index in [2.05, 4.69) is 44.8 Å². The number of hydrogen-bond acceptors (Lipinski definition) is 3. The van der Waals surface area contributed by atoms with Crippen LogP contribution in [0.1, 0.15) is 19.8 Å². The molecule has 0 aliphatic carbocycles. The molecule has 2 fully saturated rings. The van der Waals surface area contributed by atoms with E-state index in [1.807, 2.05) is 0 Å². The fraction of sp³-hybridized carbons (Fsp3) is 1.00. The topological polar surface area (TPSA) is 15.7 Å². The van der Waals surface area contributed by atoms with Crippen LogP contribution in [0.2, 0.25) is 0 Å². The molecule has 0 aromatic rings. The maximum Gasteiger partial charge on any atom is 0.0845 e. The summed E-state index contributed by atoms with van der Waals surface area (Å²) in [7, 11) is 2.20. The van der Waals surface area contributed by atoms with Gasteiger partial charge in [-0.2, -0.15) is 0 Å². The maximum atomic E-state index is 6.16. The molecule has 2 aliphatic heterocycles. The smallest absolute Gasteiger partial charge is 0.0845 e. The quantitative estimate of drug-likeness (QED) is 0.498. The van der Waals surface area contributed by atoms with Gasteiger partial charge in [0, 0.05) is 49.0 Å². The summed E-state index contributed by atoms with van der Waals surface area (Å²) in [5, 5.41) is 0. The molecular weight excluding hydrogens is 291 g/mol. The highest BCUT2D eigenvalue weighted by Crippen LogP contribution is 2.32. The fourth-order valence-corrected chi connectivity index (χ4v) is 3.64. The van der Waals surface area contributed by atoms with Crippen LogP contribution in [0.4, 0.5) is 0 Å². The number of nitrogens with zero attached hydrogens (tertiary/aromatic N) is 2. The van der Waals surface area contributed by atoms with Crippen molar-refractivity contribution in [2.24, 2.45) is 0 Å². The lowest BCUT2D eigenvalue weighted by molar-refractivity contribution is -0.148. The van der Waals surface area contributed by atoms with E-state index in [9.17, 15) is 0 Å². The van der Waals surface area contributed by atoms with Gasteiger partial charge in [0.2, 0.25) is 0 Å². The molecular formula is C10H19IN2O. The van der Waals surface area contributed by atoms with Crippen molar-refractivity contribution >= 4 is 22.9 Å². The second-order valence-corrected chi connectivity index (χ2v) is 6.08. The molecule has 2 rings (SSSR count). The summed E-state index contributed by atoms with van der Waals surface area (Å²) in [5.74, 6) is 0. The second-order valence-electron chi connectivity index (χ2n) is 4.72. The molecule has 1 unspecified atom stereocenters. The summed E-state index contributed by atoms with van der Waals surface area (Å²) in [6, 6.07) is 0. The molecule has 82 valence electrons. The van der Waals surface area contributed by atoms with E-state index in [-0.39, 0.29) is 5.60 Å². The van der Waals surface area contributed by atoms with E-state index >= 15 is 0 Å². The van der Waals surface area contributed by atoms with Gasteiger partial charge in [0.05, 0.1) is 11.7 Å². The summed E-state index contributed by atoms with van der Waals surface area (Å²) < 4.78 is 8.55. The number of rotatable bonds is 0. The minimum absolute atomic E-state index is 0.158. The normalized spacial score (nSPS) is 34.9. The number of halogens is 1. The monoisotopic (exact) mass is 310 g/mol. The van der Waals surface area contributed by atoms with Crippen LogP contribution in [-0.4, -0.2) is 52.9 Å². The van der Waals surface area contributed by atoms with E-state index in [0.717, 1.165) is 13.1 Å². The first kappa shape index (κ1) is 11.1. The minimum Gasteiger partial charge on any atom is -0.369 e. The third kappa shape index (κ3) is 2.40. The largest absolute Gasteiger partial charge is 0.369 e. The van der Waals surface area contributed by atoms with Crippen LogP contribution in [-0.2, 0) is 4.74 Å². The van der Waals surface area contributed by atoms with Crippen LogP contribution >= 0.6 is 22.9 Å². The van der Waals surface area contributed by atoms with Crippen molar-refractivity contribution in [3.63, 3.8) is 0 Å². The van der Waals surface area contributed by atoms with Crippen molar-refractivity contribution in [1.82, 2.24) is 8.01 Å². The molecule has 2 saturated heterocycles. The van der Waals surface area contributed by atoms with Crippen molar-refractivity contribution in [2.75, 3.05) is 33.2 Å². The van der Waals surface area contributed by atoms with Gasteiger partial charge < -0.3 is 9.64 Å². The third-order valence-corrected chi connectivity index (χ3v) is 4.00. The molecule has 4 heteroatoms. The van der Waals surface area contributed by atoms with Crippen molar-refractivity contribution in [3.8, 4) is 0 Å². The van der Waals surface area contributed by atoms with E-state index in [0.29, 0.717) is 6.10 Å². The van der Waals surface area contributed by atoms with Crippen molar-refractivity contribution in [1.29, 1.82) is 0 Å². The van der Waals surface area contributed by atoms with Crippen molar-refractivity contribution in [3.05, 3.63) is 0 Å². The van der Waals surface area contributed by atoms with E-state index in [1.54, 1.807) is 0 Å². The van der Waals surface area contributed by atoms with Crippen molar-refractivity contribution in [2.45, 2.75) is 31.5 Å². The first-order chi connectivity index (χ1) is 6.60. The van der Waals surface area contributed by atoms with Crippen LogP contribution in [0.3, 0.4) is 0 Å². The summed E-state index contributed by atoms with van der Waals surface area (Å²) in [6.07, 6.45) is 2.77. The third-order valence-electron chi connectivity index (χ3n) is 3.26. The zero-order valence-electron chi connectivity index (χ0n) is 9.00. The van der Waals surface area contributed by atoms with Gasteiger partial charge in [-0.1, -0.05) is 0 Å². The number of hydrogen-bond donors (Lipinski definition) is 0. The van der Waals surface area contributed by atoms with Crippen LogP contribution in [0.25, 0.3) is 0 Å². The molecule has 0 aromatic heterocycles. The van der Waals surface area contributed by atoms with Gasteiger partial charge in [-0.15, -0.1) is 0 Å². The van der Waals surface area contributed by atoms with E-state index in [1.165, 1.54) is 25.9 Å². The number of morpholine rings is 1. The average molecular weight is 310 g/mol. The molecule has 1 atom stereocenters. The SMILES string of the molecule is CC1CN(I)CC2(CCN(C)CC2)O1. The van der Waals surface area contributed by atoms with Crippen LogP contribution in [0, 0.1) is 0 Å². The average Bonchev–Trinajstić information content (AvgIpc) is 2.09. The van der Waals surface area contributed by atoms with Gasteiger partial charge in [-0.3, -0.25) is 0 Å². The number of ether oxygens (including phenoxy) is 1. The highest BCUT2D eigenvalue weighted by atomic mass is 127. The Morgan fingerprint density at radius 3 is 2.57 bits per heavy atom. The standard InChI is InChI=1S/C10H19IN2O/c1-9-7-13(11)8-10(14-9)3-5-12(2)6-4-10/h9H,3-8H2,1-2H3. The Hall–Kier alpha value is 0.610. The summed E-state index contributed by atoms with van der Waals surface area (Å²) in [4.78, 5) is 2.39. The Bertz CT molecular complexity index is 192. The molecule has 0 radical (unpaired) electrons. The second kappa shape index (κ2) is 4.23. The molecule has 0 N–H and O–H groups in total. The van der Waals surface area contributed by atoms with Crippen LogP contribution in [0.15, 0.2) is 0 Å². The van der Waals surface area contributed by atoms with Gasteiger partial charge in [0.1, 0.15) is 0 Å². The van der Waals surface area contributed by atoms with Gasteiger partial charge >= 0.3 is 0 Å². The lowest BCUT2D eigenvalue weighted by Gasteiger charge is -2.47. The summed E-state index contributed by atoms with van der Waals surface area (Å²) >= 11 is 2.43. The van der Waals surface area contributed by atoms with Gasteiger partial charge in [-0.05, 0) is 26.8 Å². The van der Waals surface area contributed by atoms with Crippen LogP contribution < -0.4 is 0 Å². The Balaban J connectivity index is 2.00. The van der Waals surface area contributed by atoms with Gasteiger partial charge in [0.15, 0.2) is 0 Å². The molecule has 0 aromatic carbocycles. The van der Waals surface area contributed by atoms with Crippen LogP contribution in [0.5, 0.6) is 0 Å². The highest BCUT2D eigenvalue weighted by Gasteiger charge is 2.40. The summed E-state index contributed by atoms with van der Waals surface area (Å²) in [5.41, 5.74) is 0.158. The van der Waals surface area contributed by atoms with Crippen molar-refractivity contribution < 1.29 is 4.74 Å². The molecule has 2 aliphatic rings. The van der Waals surface area contributed by atoms with E-state index in [4.69, 9.17) is 4.74 Å². The molecule has 0 saturated carbocycles. The fourth-order valence-electron chi connectivity index (χ4n) is 2.46. The highest BCUT2D eigenvalue weighted by molar-refractivity contribution is 14.1. The maximum absolute atomic E-state index is 6.16. The molecule has 2 heterocycles. The first-order valence-corrected chi connectivity index (χ1v) is 6.33. The molecule has 1 spiro atoms. The Kier molecular flexibility index (Phi) is 3.36. The minimum atomic E-state index is 0.158. The zero-order valence-corrected chi connectivity index (χ0v) is 11.2. The Morgan fingerprint density at radius 2 is 2.00 bits per heavy atom. The van der Waals surface area contributed by atoms with E-state index < -0.39 is 0 Å². The Morgan fingerprint density at radius 1 is 1.36 bits per heavy atom. The zero-order chi connectivity index (χ0) is 10.2. The number of piperidine rings is 1. The molecule has 0 amide bonds. The lowest BCUT2D eigenvalue weighted by Crippen LogP contribution is -2.56.